The Morgan fingerprint density at radius 2 is 1.55 bits per heavy atom. The number of amides is 2. The van der Waals surface area contributed by atoms with Crippen LogP contribution in [0, 0.1) is 17.0 Å². The van der Waals surface area contributed by atoms with Gasteiger partial charge in [-0.05, 0) is 49.4 Å². The normalized spacial score (nSPS) is 10.5. The molecule has 0 fully saturated rings. The molecule has 0 unspecified atom stereocenters. The van der Waals surface area contributed by atoms with Gasteiger partial charge < -0.3 is 9.73 Å². The average molecular weight is 443 g/mol. The van der Waals surface area contributed by atoms with E-state index in [4.69, 9.17) is 4.42 Å². The molecule has 10 nitrogen and oxygen atoms in total. The van der Waals surface area contributed by atoms with Crippen molar-refractivity contribution in [3.05, 3.63) is 99.6 Å². The highest BCUT2D eigenvalue weighted by Gasteiger charge is 2.15. The van der Waals surface area contributed by atoms with E-state index in [2.05, 4.69) is 20.8 Å². The van der Waals surface area contributed by atoms with Crippen molar-refractivity contribution in [1.82, 2.24) is 10.2 Å². The molecule has 0 saturated carbocycles. The molecule has 3 aromatic carbocycles. The van der Waals surface area contributed by atoms with E-state index in [9.17, 15) is 19.7 Å². The molecular weight excluding hydrogens is 426 g/mol. The van der Waals surface area contributed by atoms with E-state index in [0.717, 1.165) is 5.56 Å². The van der Waals surface area contributed by atoms with Gasteiger partial charge in [-0.2, -0.15) is 0 Å². The first-order valence-corrected chi connectivity index (χ1v) is 9.77. The van der Waals surface area contributed by atoms with E-state index in [0.29, 0.717) is 16.8 Å². The van der Waals surface area contributed by atoms with Crippen LogP contribution in [0.5, 0.6) is 0 Å². The molecule has 2 amide bonds. The molecule has 33 heavy (non-hydrogen) atoms. The third-order valence-corrected chi connectivity index (χ3v) is 4.63. The number of nitrogens with zero attached hydrogens (tertiary/aromatic N) is 3. The number of hydrogen-bond acceptors (Lipinski definition) is 7. The lowest BCUT2D eigenvalue weighted by Gasteiger charge is -2.08. The van der Waals surface area contributed by atoms with Crippen molar-refractivity contribution in [1.29, 1.82) is 0 Å². The zero-order chi connectivity index (χ0) is 23.4. The van der Waals surface area contributed by atoms with Crippen molar-refractivity contribution in [2.45, 2.75) is 6.92 Å². The molecule has 0 radical (unpaired) electrons. The lowest BCUT2D eigenvalue weighted by molar-refractivity contribution is -0.384. The summed E-state index contributed by atoms with van der Waals surface area (Å²) in [6.07, 6.45) is 0. The highest BCUT2D eigenvalue weighted by Crippen LogP contribution is 2.23. The van der Waals surface area contributed by atoms with Crippen molar-refractivity contribution in [2.24, 2.45) is 0 Å². The van der Waals surface area contributed by atoms with E-state index in [1.807, 2.05) is 13.0 Å². The summed E-state index contributed by atoms with van der Waals surface area (Å²) >= 11 is 0. The number of carbonyl (C=O) groups excluding carboxylic acids is 2. The summed E-state index contributed by atoms with van der Waals surface area (Å²) in [5, 5.41) is 23.7. The number of anilines is 2. The SMILES string of the molecule is Cc1cccc(C(=O)Nc2cccc(C(=O)Nc3nnc(-c4ccc([N+](=O)[O-])cc4)o3)c2)c1. The molecule has 0 spiro atoms. The number of hydrogen-bond donors (Lipinski definition) is 2. The molecule has 10 heteroatoms. The quantitative estimate of drug-likeness (QED) is 0.331. The summed E-state index contributed by atoms with van der Waals surface area (Å²) in [7, 11) is 0. The van der Waals surface area contributed by atoms with E-state index in [1.54, 1.807) is 36.4 Å². The van der Waals surface area contributed by atoms with Crippen LogP contribution in [0.1, 0.15) is 26.3 Å². The van der Waals surface area contributed by atoms with Crippen LogP contribution in [0.4, 0.5) is 17.4 Å². The molecular formula is C23H17N5O5. The zero-order valence-corrected chi connectivity index (χ0v) is 17.3. The summed E-state index contributed by atoms with van der Waals surface area (Å²) in [6.45, 7) is 1.90. The molecule has 0 aliphatic rings. The van der Waals surface area contributed by atoms with Gasteiger partial charge in [-0.1, -0.05) is 28.9 Å². The number of aromatic nitrogens is 2. The Hall–Kier alpha value is -4.86. The zero-order valence-electron chi connectivity index (χ0n) is 17.3. The first-order valence-electron chi connectivity index (χ1n) is 9.77. The van der Waals surface area contributed by atoms with Gasteiger partial charge >= 0.3 is 6.01 Å². The minimum Gasteiger partial charge on any atom is -0.403 e. The number of nitro groups is 1. The maximum absolute atomic E-state index is 12.6. The van der Waals surface area contributed by atoms with Crippen LogP contribution < -0.4 is 10.6 Å². The highest BCUT2D eigenvalue weighted by molar-refractivity contribution is 6.07. The Kier molecular flexibility index (Phi) is 5.90. The Balaban J connectivity index is 1.44. The van der Waals surface area contributed by atoms with E-state index in [1.165, 1.54) is 30.3 Å². The predicted octanol–water partition coefficient (Wildman–Crippen LogP) is 4.46. The number of non-ortho nitro benzene ring substituents is 1. The smallest absolute Gasteiger partial charge is 0.322 e. The van der Waals surface area contributed by atoms with Crippen LogP contribution in [0.3, 0.4) is 0 Å². The van der Waals surface area contributed by atoms with Gasteiger partial charge in [0.1, 0.15) is 0 Å². The van der Waals surface area contributed by atoms with Crippen LogP contribution in [0.15, 0.2) is 77.2 Å². The minimum atomic E-state index is -0.513. The third-order valence-electron chi connectivity index (χ3n) is 4.63. The molecule has 0 atom stereocenters. The lowest BCUT2D eigenvalue weighted by atomic mass is 10.1. The molecule has 1 aromatic heterocycles. The fraction of sp³-hybridized carbons (Fsp3) is 0.0435. The van der Waals surface area contributed by atoms with E-state index >= 15 is 0 Å². The molecule has 1 heterocycles. The van der Waals surface area contributed by atoms with Gasteiger partial charge in [0.05, 0.1) is 4.92 Å². The number of nitrogens with one attached hydrogen (secondary N) is 2. The molecule has 2 N–H and O–H groups in total. The minimum absolute atomic E-state index is 0.0684. The largest absolute Gasteiger partial charge is 0.403 e. The summed E-state index contributed by atoms with van der Waals surface area (Å²) in [4.78, 5) is 35.3. The maximum Gasteiger partial charge on any atom is 0.322 e. The topological polar surface area (TPSA) is 140 Å². The fourth-order valence-corrected chi connectivity index (χ4v) is 3.01. The van der Waals surface area contributed by atoms with E-state index in [-0.39, 0.29) is 29.1 Å². The highest BCUT2D eigenvalue weighted by atomic mass is 16.6. The van der Waals surface area contributed by atoms with Crippen LogP contribution >= 0.6 is 0 Å². The summed E-state index contributed by atoms with van der Waals surface area (Å²) < 4.78 is 5.43. The second-order valence-electron chi connectivity index (χ2n) is 7.07. The van der Waals surface area contributed by atoms with Crippen LogP contribution in [-0.4, -0.2) is 26.9 Å². The molecule has 4 aromatic rings. The van der Waals surface area contributed by atoms with Crippen LogP contribution in [0.2, 0.25) is 0 Å². The number of carbonyl (C=O) groups is 2. The van der Waals surface area contributed by atoms with Crippen molar-refractivity contribution in [3.8, 4) is 11.5 Å². The van der Waals surface area contributed by atoms with Gasteiger partial charge in [-0.25, -0.2) is 0 Å². The number of rotatable bonds is 6. The van der Waals surface area contributed by atoms with Crippen molar-refractivity contribution in [3.63, 3.8) is 0 Å². The van der Waals surface area contributed by atoms with Crippen molar-refractivity contribution < 1.29 is 18.9 Å². The molecule has 0 aliphatic heterocycles. The van der Waals surface area contributed by atoms with E-state index < -0.39 is 10.8 Å². The van der Waals surface area contributed by atoms with Gasteiger partial charge in [-0.3, -0.25) is 25.0 Å². The lowest BCUT2D eigenvalue weighted by Crippen LogP contribution is -2.15. The first kappa shape index (κ1) is 21.4. The molecule has 0 saturated heterocycles. The third kappa shape index (κ3) is 5.07. The predicted molar refractivity (Wildman–Crippen MR) is 120 cm³/mol. The molecule has 0 aliphatic carbocycles. The van der Waals surface area contributed by atoms with Gasteiger partial charge in [0.15, 0.2) is 0 Å². The van der Waals surface area contributed by atoms with Gasteiger partial charge in [0.25, 0.3) is 17.5 Å². The van der Waals surface area contributed by atoms with Crippen molar-refractivity contribution >= 4 is 29.2 Å². The van der Waals surface area contributed by atoms with Crippen molar-refractivity contribution in [2.75, 3.05) is 10.6 Å². The van der Waals surface area contributed by atoms with Gasteiger partial charge in [-0.15, -0.1) is 5.10 Å². The monoisotopic (exact) mass is 443 g/mol. The number of aryl methyl sites for hydroxylation is 1. The Morgan fingerprint density at radius 1 is 0.879 bits per heavy atom. The average Bonchev–Trinajstić information content (AvgIpc) is 3.27. The summed E-state index contributed by atoms with van der Waals surface area (Å²) in [6, 6.07) is 19.0. The summed E-state index contributed by atoms with van der Waals surface area (Å²) in [5.74, 6) is -0.708. The van der Waals surface area contributed by atoms with Crippen LogP contribution in [-0.2, 0) is 0 Å². The second kappa shape index (κ2) is 9.10. The number of nitro benzene ring substituents is 1. The maximum atomic E-state index is 12.6. The second-order valence-corrected chi connectivity index (χ2v) is 7.07. The first-order chi connectivity index (χ1) is 15.9. The Labute approximate surface area is 187 Å². The van der Waals surface area contributed by atoms with Gasteiger partial charge in [0.2, 0.25) is 5.89 Å². The van der Waals surface area contributed by atoms with Crippen LogP contribution in [0.25, 0.3) is 11.5 Å². The fourth-order valence-electron chi connectivity index (χ4n) is 3.01. The molecule has 4 rings (SSSR count). The standard InChI is InChI=1S/C23H17N5O5/c1-14-4-2-5-16(12-14)20(29)24-18-7-3-6-17(13-18)21(30)25-23-27-26-22(33-23)15-8-10-19(11-9-15)28(31)32/h2-13H,1H3,(H,24,29)(H,25,27,30). The Bertz CT molecular complexity index is 1350. The molecule has 0 bridgehead atoms. The Morgan fingerprint density at radius 3 is 2.24 bits per heavy atom. The van der Waals surface area contributed by atoms with Gasteiger partial charge in [0, 0.05) is 34.5 Å². The molecule has 164 valence electrons. The summed E-state index contributed by atoms with van der Waals surface area (Å²) in [5.41, 5.74) is 2.59. The number of benzene rings is 3.